The fourth-order valence-electron chi connectivity index (χ4n) is 4.12. The third-order valence-electron chi connectivity index (χ3n) is 5.69. The average molecular weight is 373 g/mol. The third kappa shape index (κ3) is 4.21. The van der Waals surface area contributed by atoms with Gasteiger partial charge in [0.15, 0.2) is 0 Å². The van der Waals surface area contributed by atoms with Crippen LogP contribution in [0.15, 0.2) is 42.6 Å². The number of anilines is 1. The second-order valence-electron chi connectivity index (χ2n) is 7.85. The minimum Gasteiger partial charge on any atom is -0.382 e. The van der Waals surface area contributed by atoms with Gasteiger partial charge in [0.1, 0.15) is 0 Å². The first-order valence-corrected chi connectivity index (χ1v) is 10.2. The molecule has 1 fully saturated rings. The normalized spacial score (nSPS) is 16.5. The second kappa shape index (κ2) is 8.50. The maximum Gasteiger partial charge on any atom is 0.0625 e. The lowest BCUT2D eigenvalue weighted by atomic mass is 9.93. The SMILES string of the molecule is CN1C=Cc2cc(-c3cccc(CCC#N)c3)cc(NC3CCNCC3)c2C1. The molecule has 2 aromatic rings. The van der Waals surface area contributed by atoms with Gasteiger partial charge in [0.2, 0.25) is 0 Å². The zero-order valence-corrected chi connectivity index (χ0v) is 16.5. The second-order valence-corrected chi connectivity index (χ2v) is 7.85. The highest BCUT2D eigenvalue weighted by Gasteiger charge is 2.19. The Kier molecular flexibility index (Phi) is 5.64. The van der Waals surface area contributed by atoms with Gasteiger partial charge >= 0.3 is 0 Å². The van der Waals surface area contributed by atoms with Crippen molar-refractivity contribution in [1.29, 1.82) is 5.26 Å². The summed E-state index contributed by atoms with van der Waals surface area (Å²) in [6, 6.07) is 16.0. The number of benzene rings is 2. The van der Waals surface area contributed by atoms with Crippen LogP contribution in [0, 0.1) is 11.3 Å². The van der Waals surface area contributed by atoms with Gasteiger partial charge in [-0.2, -0.15) is 5.26 Å². The average Bonchev–Trinajstić information content (AvgIpc) is 2.73. The molecule has 4 heteroatoms. The van der Waals surface area contributed by atoms with Crippen molar-refractivity contribution in [3.63, 3.8) is 0 Å². The van der Waals surface area contributed by atoms with Crippen LogP contribution in [0.2, 0.25) is 0 Å². The molecule has 4 nitrogen and oxygen atoms in total. The van der Waals surface area contributed by atoms with Gasteiger partial charge in [0, 0.05) is 37.3 Å². The Morgan fingerprint density at radius 3 is 2.86 bits per heavy atom. The van der Waals surface area contributed by atoms with E-state index in [2.05, 4.69) is 77.3 Å². The van der Waals surface area contributed by atoms with Gasteiger partial charge in [0.05, 0.1) is 6.07 Å². The summed E-state index contributed by atoms with van der Waals surface area (Å²) in [7, 11) is 2.13. The minimum atomic E-state index is 0.527. The number of rotatable bonds is 5. The highest BCUT2D eigenvalue weighted by Crippen LogP contribution is 2.34. The molecule has 2 N–H and O–H groups in total. The maximum absolute atomic E-state index is 8.89. The van der Waals surface area contributed by atoms with Crippen LogP contribution in [0.3, 0.4) is 0 Å². The molecular formula is C24H28N4. The number of piperidine rings is 1. The zero-order valence-electron chi connectivity index (χ0n) is 16.5. The molecule has 2 aliphatic rings. The molecule has 0 bridgehead atoms. The fourth-order valence-corrected chi connectivity index (χ4v) is 4.12. The lowest BCUT2D eigenvalue weighted by molar-refractivity contribution is 0.446. The molecule has 0 atom stereocenters. The maximum atomic E-state index is 8.89. The highest BCUT2D eigenvalue weighted by atomic mass is 15.1. The third-order valence-corrected chi connectivity index (χ3v) is 5.69. The van der Waals surface area contributed by atoms with Crippen molar-refractivity contribution in [2.24, 2.45) is 0 Å². The van der Waals surface area contributed by atoms with Crippen LogP contribution in [0.1, 0.15) is 36.0 Å². The molecule has 0 spiro atoms. The number of fused-ring (bicyclic) bond motifs is 1. The first kappa shape index (κ1) is 18.6. The fraction of sp³-hybridized carbons (Fsp3) is 0.375. The van der Waals surface area contributed by atoms with Crippen molar-refractivity contribution >= 4 is 11.8 Å². The Hall–Kier alpha value is -2.77. The van der Waals surface area contributed by atoms with Crippen molar-refractivity contribution in [3.05, 3.63) is 59.3 Å². The van der Waals surface area contributed by atoms with Gasteiger partial charge in [-0.05, 0) is 79.0 Å². The molecule has 4 rings (SSSR count). The monoisotopic (exact) mass is 372 g/mol. The standard InChI is InChI=1S/C24H28N4/c1-28-13-9-20-15-21(19-6-2-4-18(14-19)5-3-10-25)16-24(23(20)17-28)27-22-7-11-26-12-8-22/h2,4,6,9,13-16,22,26-27H,3,5,7-8,11-12,17H2,1H3. The molecular weight excluding hydrogens is 344 g/mol. The summed E-state index contributed by atoms with van der Waals surface area (Å²) in [6.07, 6.45) is 8.06. The Labute approximate surface area is 167 Å². The van der Waals surface area contributed by atoms with Crippen LogP contribution < -0.4 is 10.6 Å². The molecule has 0 radical (unpaired) electrons. The smallest absolute Gasteiger partial charge is 0.0625 e. The van der Waals surface area contributed by atoms with E-state index in [0.29, 0.717) is 12.5 Å². The first-order chi connectivity index (χ1) is 13.7. The van der Waals surface area contributed by atoms with Gasteiger partial charge < -0.3 is 15.5 Å². The summed E-state index contributed by atoms with van der Waals surface area (Å²) in [5.74, 6) is 0. The number of nitriles is 1. The van der Waals surface area contributed by atoms with Gasteiger partial charge in [-0.25, -0.2) is 0 Å². The van der Waals surface area contributed by atoms with Crippen LogP contribution in [-0.4, -0.2) is 31.1 Å². The van der Waals surface area contributed by atoms with Gasteiger partial charge in [-0.1, -0.05) is 24.3 Å². The summed E-state index contributed by atoms with van der Waals surface area (Å²) >= 11 is 0. The highest BCUT2D eigenvalue weighted by molar-refractivity contribution is 5.77. The number of nitrogens with zero attached hydrogens (tertiary/aromatic N) is 2. The zero-order chi connectivity index (χ0) is 19.3. The van der Waals surface area contributed by atoms with E-state index in [4.69, 9.17) is 5.26 Å². The Morgan fingerprint density at radius 2 is 2.04 bits per heavy atom. The van der Waals surface area contributed by atoms with Gasteiger partial charge in [0.25, 0.3) is 0 Å². The van der Waals surface area contributed by atoms with Crippen LogP contribution in [0.4, 0.5) is 5.69 Å². The Morgan fingerprint density at radius 1 is 1.18 bits per heavy atom. The topological polar surface area (TPSA) is 51.1 Å². The van der Waals surface area contributed by atoms with Crippen molar-refractivity contribution < 1.29 is 0 Å². The largest absolute Gasteiger partial charge is 0.382 e. The number of hydrogen-bond acceptors (Lipinski definition) is 4. The quantitative estimate of drug-likeness (QED) is 0.817. The van der Waals surface area contributed by atoms with E-state index in [-0.39, 0.29) is 0 Å². The molecule has 1 saturated heterocycles. The lowest BCUT2D eigenvalue weighted by Crippen LogP contribution is -2.35. The van der Waals surface area contributed by atoms with Crippen molar-refractivity contribution in [3.8, 4) is 17.2 Å². The Balaban J connectivity index is 1.70. The summed E-state index contributed by atoms with van der Waals surface area (Å²) in [4.78, 5) is 2.23. The summed E-state index contributed by atoms with van der Waals surface area (Å²) in [5.41, 5.74) is 7.63. The molecule has 0 aliphatic carbocycles. The molecule has 2 heterocycles. The summed E-state index contributed by atoms with van der Waals surface area (Å²) in [6.45, 7) is 3.10. The van der Waals surface area contributed by atoms with Crippen molar-refractivity contribution in [2.45, 2.75) is 38.3 Å². The molecule has 0 unspecified atom stereocenters. The van der Waals surface area contributed by atoms with E-state index in [0.717, 1.165) is 38.9 Å². The predicted molar refractivity (Wildman–Crippen MR) is 116 cm³/mol. The van der Waals surface area contributed by atoms with Crippen LogP contribution in [0.5, 0.6) is 0 Å². The lowest BCUT2D eigenvalue weighted by Gasteiger charge is -2.29. The van der Waals surface area contributed by atoms with Crippen molar-refractivity contribution in [1.82, 2.24) is 10.2 Å². The van der Waals surface area contributed by atoms with Crippen molar-refractivity contribution in [2.75, 3.05) is 25.5 Å². The molecule has 0 amide bonds. The Bertz CT molecular complexity index is 903. The number of hydrogen-bond donors (Lipinski definition) is 2. The number of aryl methyl sites for hydroxylation is 1. The summed E-state index contributed by atoms with van der Waals surface area (Å²) < 4.78 is 0. The van der Waals surface area contributed by atoms with Gasteiger partial charge in [-0.3, -0.25) is 0 Å². The first-order valence-electron chi connectivity index (χ1n) is 10.2. The van der Waals surface area contributed by atoms with E-state index in [1.165, 1.54) is 33.5 Å². The molecule has 2 aliphatic heterocycles. The minimum absolute atomic E-state index is 0.527. The molecule has 0 aromatic heterocycles. The van der Waals surface area contributed by atoms with E-state index in [9.17, 15) is 0 Å². The van der Waals surface area contributed by atoms with Crippen LogP contribution >= 0.6 is 0 Å². The predicted octanol–water partition coefficient (Wildman–Crippen LogP) is 4.39. The van der Waals surface area contributed by atoms with E-state index in [1.54, 1.807) is 0 Å². The van der Waals surface area contributed by atoms with E-state index in [1.807, 2.05) is 0 Å². The molecule has 0 saturated carbocycles. The molecule has 2 aromatic carbocycles. The van der Waals surface area contributed by atoms with Crippen LogP contribution in [0.25, 0.3) is 17.2 Å². The molecule has 144 valence electrons. The molecule has 28 heavy (non-hydrogen) atoms. The number of nitrogens with one attached hydrogen (secondary N) is 2. The van der Waals surface area contributed by atoms with E-state index < -0.39 is 0 Å². The van der Waals surface area contributed by atoms with E-state index >= 15 is 0 Å². The van der Waals surface area contributed by atoms with Gasteiger partial charge in [-0.15, -0.1) is 0 Å². The summed E-state index contributed by atoms with van der Waals surface area (Å²) in [5, 5.41) is 16.2. The van der Waals surface area contributed by atoms with Crippen LogP contribution in [-0.2, 0) is 13.0 Å².